The number of halogens is 2. The van der Waals surface area contributed by atoms with Crippen molar-refractivity contribution in [3.8, 4) is 0 Å². The lowest BCUT2D eigenvalue weighted by Gasteiger charge is -2.39. The smallest absolute Gasteiger partial charge is 0.257 e. The van der Waals surface area contributed by atoms with Crippen molar-refractivity contribution in [2.45, 2.75) is 43.7 Å². The summed E-state index contributed by atoms with van der Waals surface area (Å²) in [5.41, 5.74) is 6.26. The number of amides is 2. The number of hydrogen-bond donors (Lipinski definition) is 1. The molecule has 2 N–H and O–H groups in total. The first kappa shape index (κ1) is 17.6. The molecule has 2 aliphatic rings. The summed E-state index contributed by atoms with van der Waals surface area (Å²) >= 11 is 0. The highest BCUT2D eigenvalue weighted by Gasteiger charge is 2.44. The Hall–Kier alpha value is -2.76. The third-order valence-electron chi connectivity index (χ3n) is 5.79. The number of carbonyl (C=O) groups excluding carboxylic acids is 2. The van der Waals surface area contributed by atoms with Crippen molar-refractivity contribution in [2.24, 2.45) is 5.73 Å². The summed E-state index contributed by atoms with van der Waals surface area (Å²) in [7, 11) is 0. The van der Waals surface area contributed by atoms with E-state index in [-0.39, 0.29) is 40.9 Å². The lowest BCUT2D eigenvalue weighted by molar-refractivity contribution is 0.0566. The number of rotatable bonds is 3. The predicted octanol–water partition coefficient (Wildman–Crippen LogP) is 3.61. The molecule has 2 unspecified atom stereocenters. The Bertz CT molecular complexity index is 884. The third kappa shape index (κ3) is 3.20. The van der Waals surface area contributed by atoms with Gasteiger partial charge in [-0.25, -0.2) is 8.78 Å². The molecule has 140 valence electrons. The van der Waals surface area contributed by atoms with Gasteiger partial charge in [-0.3, -0.25) is 9.59 Å². The second kappa shape index (κ2) is 6.76. The van der Waals surface area contributed by atoms with Gasteiger partial charge in [-0.1, -0.05) is 12.1 Å². The molecule has 0 spiro atoms. The molecule has 0 aliphatic carbocycles. The number of carbonyl (C=O) groups is 2. The monoisotopic (exact) mass is 370 g/mol. The van der Waals surface area contributed by atoms with E-state index in [1.54, 1.807) is 17.0 Å². The van der Waals surface area contributed by atoms with Gasteiger partial charge in [0, 0.05) is 17.6 Å². The van der Waals surface area contributed by atoms with Crippen LogP contribution < -0.4 is 5.73 Å². The molecule has 2 atom stereocenters. The molecular weight excluding hydrogens is 350 g/mol. The molecule has 4 nitrogen and oxygen atoms in total. The SMILES string of the molecule is NC(=O)c1ccc(C(=O)N2C3CCC2CC(c2ccc(F)cc2)C3)c(F)c1. The second-order valence-corrected chi connectivity index (χ2v) is 7.38. The number of nitrogens with two attached hydrogens (primary N) is 1. The maximum Gasteiger partial charge on any atom is 0.257 e. The normalized spacial score (nSPS) is 24.1. The van der Waals surface area contributed by atoms with E-state index in [9.17, 15) is 18.4 Å². The zero-order valence-corrected chi connectivity index (χ0v) is 14.7. The molecule has 2 aromatic rings. The fourth-order valence-corrected chi connectivity index (χ4v) is 4.50. The number of primary amides is 1. The van der Waals surface area contributed by atoms with E-state index in [4.69, 9.17) is 5.73 Å². The Kier molecular flexibility index (Phi) is 4.42. The van der Waals surface area contributed by atoms with E-state index < -0.39 is 11.7 Å². The summed E-state index contributed by atoms with van der Waals surface area (Å²) < 4.78 is 27.6. The van der Waals surface area contributed by atoms with Crippen LogP contribution in [0.15, 0.2) is 42.5 Å². The molecule has 0 saturated carbocycles. The van der Waals surface area contributed by atoms with E-state index in [0.717, 1.165) is 37.3 Å². The Morgan fingerprint density at radius 1 is 0.963 bits per heavy atom. The van der Waals surface area contributed by atoms with Crippen LogP contribution in [0.5, 0.6) is 0 Å². The van der Waals surface area contributed by atoms with Crippen LogP contribution in [0, 0.1) is 11.6 Å². The highest BCUT2D eigenvalue weighted by atomic mass is 19.1. The highest BCUT2D eigenvalue weighted by Crippen LogP contribution is 2.43. The molecule has 0 aromatic heterocycles. The topological polar surface area (TPSA) is 63.4 Å². The largest absolute Gasteiger partial charge is 0.366 e. The average Bonchev–Trinajstić information content (AvgIpc) is 2.91. The van der Waals surface area contributed by atoms with E-state index in [1.165, 1.54) is 24.3 Å². The summed E-state index contributed by atoms with van der Waals surface area (Å²) in [6, 6.07) is 10.4. The van der Waals surface area contributed by atoms with E-state index in [2.05, 4.69) is 0 Å². The van der Waals surface area contributed by atoms with Gasteiger partial charge in [0.15, 0.2) is 0 Å². The Morgan fingerprint density at radius 2 is 1.59 bits per heavy atom. The van der Waals surface area contributed by atoms with Crippen molar-refractivity contribution in [2.75, 3.05) is 0 Å². The quantitative estimate of drug-likeness (QED) is 0.897. The number of nitrogens with zero attached hydrogens (tertiary/aromatic N) is 1. The summed E-state index contributed by atoms with van der Waals surface area (Å²) in [5.74, 6) is -1.78. The van der Waals surface area contributed by atoms with Crippen LogP contribution in [0.1, 0.15) is 57.9 Å². The van der Waals surface area contributed by atoms with Gasteiger partial charge in [0.1, 0.15) is 11.6 Å². The summed E-state index contributed by atoms with van der Waals surface area (Å²) in [6.07, 6.45) is 3.34. The predicted molar refractivity (Wildman–Crippen MR) is 96.3 cm³/mol. The Labute approximate surface area is 156 Å². The van der Waals surface area contributed by atoms with Gasteiger partial charge in [0.05, 0.1) is 5.56 Å². The van der Waals surface area contributed by atoms with Crippen LogP contribution in [0.4, 0.5) is 8.78 Å². The average molecular weight is 370 g/mol. The molecule has 2 bridgehead atoms. The van der Waals surface area contributed by atoms with Crippen molar-refractivity contribution >= 4 is 11.8 Å². The number of benzene rings is 2. The lowest BCUT2D eigenvalue weighted by Crippen LogP contribution is -2.46. The van der Waals surface area contributed by atoms with Crippen LogP contribution in [0.2, 0.25) is 0 Å². The van der Waals surface area contributed by atoms with Crippen LogP contribution in [0.25, 0.3) is 0 Å². The van der Waals surface area contributed by atoms with Crippen LogP contribution in [0.3, 0.4) is 0 Å². The van der Waals surface area contributed by atoms with Gasteiger partial charge in [-0.2, -0.15) is 0 Å². The maximum atomic E-state index is 14.4. The molecule has 2 aromatic carbocycles. The van der Waals surface area contributed by atoms with Crippen molar-refractivity contribution in [3.63, 3.8) is 0 Å². The fraction of sp³-hybridized carbons (Fsp3) is 0.333. The zero-order chi connectivity index (χ0) is 19.1. The van der Waals surface area contributed by atoms with Crippen LogP contribution in [-0.4, -0.2) is 28.8 Å². The zero-order valence-electron chi connectivity index (χ0n) is 14.7. The summed E-state index contributed by atoms with van der Waals surface area (Å²) in [5, 5.41) is 0. The maximum absolute atomic E-state index is 14.4. The van der Waals surface area contributed by atoms with Crippen molar-refractivity contribution in [3.05, 3.63) is 70.8 Å². The Morgan fingerprint density at radius 3 is 2.15 bits per heavy atom. The van der Waals surface area contributed by atoms with Crippen molar-refractivity contribution in [1.29, 1.82) is 0 Å². The van der Waals surface area contributed by atoms with Crippen molar-refractivity contribution in [1.82, 2.24) is 4.90 Å². The number of fused-ring (bicyclic) bond motifs is 2. The standard InChI is InChI=1S/C21H20F2N2O2/c22-15-4-1-12(2-5-15)14-9-16-6-7-17(10-14)25(16)21(27)18-8-3-13(20(24)26)11-19(18)23/h1-5,8,11,14,16-17H,6-7,9-10H2,(H2,24,26). The molecule has 2 amide bonds. The fourth-order valence-electron chi connectivity index (χ4n) is 4.50. The second-order valence-electron chi connectivity index (χ2n) is 7.38. The molecule has 2 aliphatic heterocycles. The van der Waals surface area contributed by atoms with E-state index >= 15 is 0 Å². The first-order valence-corrected chi connectivity index (χ1v) is 9.11. The van der Waals surface area contributed by atoms with E-state index in [0.29, 0.717) is 0 Å². The molecular formula is C21H20F2N2O2. The van der Waals surface area contributed by atoms with Crippen LogP contribution in [-0.2, 0) is 0 Å². The van der Waals surface area contributed by atoms with Gasteiger partial charge >= 0.3 is 0 Å². The number of hydrogen-bond acceptors (Lipinski definition) is 2. The molecule has 2 fully saturated rings. The third-order valence-corrected chi connectivity index (χ3v) is 5.79. The van der Waals surface area contributed by atoms with Gasteiger partial charge in [-0.15, -0.1) is 0 Å². The molecule has 2 heterocycles. The first-order chi connectivity index (χ1) is 12.9. The first-order valence-electron chi connectivity index (χ1n) is 9.11. The van der Waals surface area contributed by atoms with Gasteiger partial charge in [-0.05, 0) is 67.5 Å². The summed E-state index contributed by atoms with van der Waals surface area (Å²) in [6.45, 7) is 0. The molecule has 0 radical (unpaired) electrons. The lowest BCUT2D eigenvalue weighted by atomic mass is 9.84. The minimum Gasteiger partial charge on any atom is -0.366 e. The minimum absolute atomic E-state index is 0.0304. The van der Waals surface area contributed by atoms with Crippen molar-refractivity contribution < 1.29 is 18.4 Å². The minimum atomic E-state index is -0.729. The summed E-state index contributed by atoms with van der Waals surface area (Å²) in [4.78, 5) is 25.9. The van der Waals surface area contributed by atoms with Gasteiger partial charge in [0.2, 0.25) is 5.91 Å². The van der Waals surface area contributed by atoms with Gasteiger partial charge in [0.25, 0.3) is 5.91 Å². The van der Waals surface area contributed by atoms with E-state index in [1.807, 2.05) is 0 Å². The molecule has 4 rings (SSSR count). The Balaban J connectivity index is 1.55. The highest BCUT2D eigenvalue weighted by molar-refractivity contribution is 5.98. The van der Waals surface area contributed by atoms with Gasteiger partial charge < -0.3 is 10.6 Å². The van der Waals surface area contributed by atoms with Crippen LogP contribution >= 0.6 is 0 Å². The molecule has 27 heavy (non-hydrogen) atoms. The molecule has 2 saturated heterocycles. The molecule has 6 heteroatoms. The number of piperidine rings is 1.